The third-order valence-corrected chi connectivity index (χ3v) is 9.19. The fourth-order valence-electron chi connectivity index (χ4n) is 6.23. The number of hydrogen-bond donors (Lipinski definition) is 7. The Kier molecular flexibility index (Phi) is 15.8. The highest BCUT2D eigenvalue weighted by Crippen LogP contribution is 2.32. The predicted molar refractivity (Wildman–Crippen MR) is 161 cm³/mol. The van der Waals surface area contributed by atoms with E-state index in [0.29, 0.717) is 6.42 Å². The Labute approximate surface area is 270 Å². The van der Waals surface area contributed by atoms with Crippen molar-refractivity contribution in [2.24, 2.45) is 5.92 Å². The van der Waals surface area contributed by atoms with E-state index < -0.39 is 92.5 Å². The molecule has 0 unspecified atom stereocenters. The minimum Gasteiger partial charge on any atom is -0.481 e. The lowest BCUT2D eigenvalue weighted by atomic mass is 9.93. The number of aliphatic hydroxyl groups excluding tert-OH is 5. The molecule has 0 aromatic rings. The normalized spacial score (nSPS) is 35.4. The van der Waals surface area contributed by atoms with E-state index in [1.807, 2.05) is 6.92 Å². The van der Waals surface area contributed by atoms with Crippen molar-refractivity contribution in [1.82, 2.24) is 0 Å². The number of carbonyl (C=O) groups excluding carboxylic acids is 1. The summed E-state index contributed by atoms with van der Waals surface area (Å²) in [4.78, 5) is 23.0. The molecule has 0 amide bonds. The quantitative estimate of drug-likeness (QED) is 0.0516. The van der Waals surface area contributed by atoms with Gasteiger partial charge >= 0.3 is 11.9 Å². The number of cyclic esters (lactones) is 1. The molecule has 7 N–H and O–H groups in total. The lowest BCUT2D eigenvalue weighted by Gasteiger charge is -2.43. The Bertz CT molecular complexity index is 961. The molecule has 14 nitrogen and oxygen atoms in total. The number of unbranched alkanes of at least 4 members (excludes halogenated alkanes) is 10. The minimum absolute atomic E-state index is 0.0356. The molecule has 14 heteroatoms. The summed E-state index contributed by atoms with van der Waals surface area (Å²) in [6.07, 6.45) is 2.35. The molecule has 0 spiro atoms. The predicted octanol–water partition coefficient (Wildman–Crippen LogP) is 0.910. The van der Waals surface area contributed by atoms with Gasteiger partial charge in [-0.2, -0.15) is 0 Å². The molecule has 0 aromatic heterocycles. The van der Waals surface area contributed by atoms with Gasteiger partial charge in [0.05, 0.1) is 25.9 Å². The average molecular weight is 663 g/mol. The smallest absolute Gasteiger partial charge is 0.334 e. The molecular formula is C32H54O14. The first-order valence-electron chi connectivity index (χ1n) is 16.6. The third-order valence-electron chi connectivity index (χ3n) is 9.19. The molecule has 266 valence electrons. The summed E-state index contributed by atoms with van der Waals surface area (Å²) in [5, 5.41) is 70.1. The molecule has 3 aliphatic heterocycles. The molecule has 0 aromatic carbocycles. The summed E-state index contributed by atoms with van der Waals surface area (Å²) in [7, 11) is 0. The van der Waals surface area contributed by atoms with Gasteiger partial charge in [0.2, 0.25) is 0 Å². The van der Waals surface area contributed by atoms with Crippen LogP contribution < -0.4 is 0 Å². The van der Waals surface area contributed by atoms with Crippen molar-refractivity contribution in [2.45, 2.75) is 151 Å². The van der Waals surface area contributed by atoms with E-state index in [0.717, 1.165) is 77.0 Å². The summed E-state index contributed by atoms with van der Waals surface area (Å²) in [6.45, 7) is 3.67. The molecular weight excluding hydrogens is 608 g/mol. The summed E-state index contributed by atoms with van der Waals surface area (Å²) >= 11 is 0. The minimum atomic E-state index is -1.92. The molecule has 0 aliphatic carbocycles. The number of carboxylic acid groups (broad SMARTS) is 1. The number of rotatable bonds is 21. The SMILES string of the molecule is C=C1C(=O)O[C@@H](CCCCCCCCCCCCC[C@H](C)O[C@@H]2O[C@H](CO)[C@@H](O[C@H]3OC[C@](O)(CO)[C@H]3O)[C@H](O)[C@H]2O)[C@@H]1C(=O)O. The van der Waals surface area contributed by atoms with Crippen LogP contribution >= 0.6 is 0 Å². The molecule has 0 radical (unpaired) electrons. The molecule has 11 atom stereocenters. The maximum atomic E-state index is 11.6. The van der Waals surface area contributed by atoms with E-state index in [4.69, 9.17) is 23.7 Å². The Morgan fingerprint density at radius 2 is 1.52 bits per heavy atom. The Morgan fingerprint density at radius 3 is 2.07 bits per heavy atom. The number of carbonyl (C=O) groups is 2. The van der Waals surface area contributed by atoms with Crippen LogP contribution in [0.1, 0.15) is 90.4 Å². The van der Waals surface area contributed by atoms with Gasteiger partial charge in [0.25, 0.3) is 0 Å². The third kappa shape index (κ3) is 10.4. The maximum absolute atomic E-state index is 11.6. The van der Waals surface area contributed by atoms with Crippen LogP contribution in [0.25, 0.3) is 0 Å². The molecule has 0 saturated carbocycles. The van der Waals surface area contributed by atoms with Gasteiger partial charge in [0.1, 0.15) is 48.1 Å². The van der Waals surface area contributed by atoms with Crippen molar-refractivity contribution >= 4 is 11.9 Å². The lowest BCUT2D eigenvalue weighted by Crippen LogP contribution is -2.62. The highest BCUT2D eigenvalue weighted by molar-refractivity contribution is 5.97. The number of aliphatic carboxylic acids is 1. The monoisotopic (exact) mass is 662 g/mol. The summed E-state index contributed by atoms with van der Waals surface area (Å²) in [5.74, 6) is -2.59. The molecule has 46 heavy (non-hydrogen) atoms. The Hall–Kier alpha value is -1.72. The lowest BCUT2D eigenvalue weighted by molar-refractivity contribution is -0.335. The summed E-state index contributed by atoms with van der Waals surface area (Å²) < 4.78 is 27.5. The topological polar surface area (TPSA) is 222 Å². The zero-order chi connectivity index (χ0) is 33.9. The number of esters is 1. The van der Waals surface area contributed by atoms with E-state index in [1.54, 1.807) is 0 Å². The second-order valence-electron chi connectivity index (χ2n) is 12.9. The molecule has 3 aliphatic rings. The largest absolute Gasteiger partial charge is 0.481 e. The van der Waals surface area contributed by atoms with E-state index >= 15 is 0 Å². The zero-order valence-corrected chi connectivity index (χ0v) is 26.8. The van der Waals surface area contributed by atoms with Crippen LogP contribution in [0.5, 0.6) is 0 Å². The Balaban J connectivity index is 1.21. The summed E-state index contributed by atoms with van der Waals surface area (Å²) in [5.41, 5.74) is -1.89. The van der Waals surface area contributed by atoms with Gasteiger partial charge in [-0.1, -0.05) is 70.8 Å². The van der Waals surface area contributed by atoms with Crippen LogP contribution in [0, 0.1) is 5.92 Å². The van der Waals surface area contributed by atoms with Gasteiger partial charge < -0.3 is 59.4 Å². The summed E-state index contributed by atoms with van der Waals surface area (Å²) in [6, 6.07) is 0. The first-order valence-corrected chi connectivity index (χ1v) is 16.6. The van der Waals surface area contributed by atoms with E-state index in [1.165, 1.54) is 0 Å². The van der Waals surface area contributed by atoms with Crippen molar-refractivity contribution in [3.63, 3.8) is 0 Å². The van der Waals surface area contributed by atoms with E-state index in [2.05, 4.69) is 6.58 Å². The molecule has 3 rings (SSSR count). The van der Waals surface area contributed by atoms with Crippen LogP contribution in [0.4, 0.5) is 0 Å². The van der Waals surface area contributed by atoms with Crippen LogP contribution in [0.3, 0.4) is 0 Å². The molecule has 3 heterocycles. The highest BCUT2D eigenvalue weighted by Gasteiger charge is 2.53. The second-order valence-corrected chi connectivity index (χ2v) is 12.9. The number of hydrogen-bond acceptors (Lipinski definition) is 13. The van der Waals surface area contributed by atoms with Crippen molar-refractivity contribution in [2.75, 3.05) is 19.8 Å². The van der Waals surface area contributed by atoms with Crippen molar-refractivity contribution in [3.05, 3.63) is 12.2 Å². The Morgan fingerprint density at radius 1 is 0.935 bits per heavy atom. The average Bonchev–Trinajstić information content (AvgIpc) is 3.48. The van der Waals surface area contributed by atoms with Gasteiger partial charge in [-0.15, -0.1) is 0 Å². The fourth-order valence-corrected chi connectivity index (χ4v) is 6.23. The molecule has 0 bridgehead atoms. The van der Waals surface area contributed by atoms with Gasteiger partial charge in [0.15, 0.2) is 12.6 Å². The standard InChI is InChI=1S/C32H54O14/c1-19(43-30-25(36)24(35)26(22(16-33)45-30)46-31-27(37)32(41,17-34)18-42-31)14-12-10-8-6-4-3-5-7-9-11-13-15-21-23(28(38)39)20(2)29(40)44-21/h19,21-27,30-31,33-37,41H,2-18H2,1H3,(H,38,39)/t19-,21-,22+,23+,24+,25+,26+,27-,30+,31+,32+/m0/s1. The van der Waals surface area contributed by atoms with E-state index in [9.17, 15) is 45.3 Å². The van der Waals surface area contributed by atoms with Gasteiger partial charge in [-0.3, -0.25) is 4.79 Å². The van der Waals surface area contributed by atoms with Crippen molar-refractivity contribution < 1.29 is 69.0 Å². The number of carboxylic acids is 1. The van der Waals surface area contributed by atoms with Crippen LogP contribution in [0.2, 0.25) is 0 Å². The first kappa shape index (κ1) is 38.7. The zero-order valence-electron chi connectivity index (χ0n) is 26.8. The number of aliphatic hydroxyl groups is 6. The van der Waals surface area contributed by atoms with Crippen LogP contribution in [-0.4, -0.2) is 128 Å². The molecule has 3 saturated heterocycles. The van der Waals surface area contributed by atoms with Gasteiger partial charge in [-0.25, -0.2) is 4.79 Å². The van der Waals surface area contributed by atoms with Gasteiger partial charge in [-0.05, 0) is 26.2 Å². The first-order chi connectivity index (χ1) is 21.9. The maximum Gasteiger partial charge on any atom is 0.334 e. The van der Waals surface area contributed by atoms with Crippen LogP contribution in [-0.2, 0) is 33.3 Å². The number of ether oxygens (including phenoxy) is 5. The van der Waals surface area contributed by atoms with Gasteiger partial charge in [0, 0.05) is 5.57 Å². The van der Waals surface area contributed by atoms with Crippen molar-refractivity contribution in [1.29, 1.82) is 0 Å². The van der Waals surface area contributed by atoms with E-state index in [-0.39, 0.29) is 11.7 Å². The fraction of sp³-hybridized carbons (Fsp3) is 0.875. The van der Waals surface area contributed by atoms with Crippen LogP contribution in [0.15, 0.2) is 12.2 Å². The second kappa shape index (κ2) is 18.7. The molecule has 3 fully saturated rings. The van der Waals surface area contributed by atoms with Crippen molar-refractivity contribution in [3.8, 4) is 0 Å². The highest BCUT2D eigenvalue weighted by atomic mass is 16.7.